The van der Waals surface area contributed by atoms with Gasteiger partial charge in [-0.2, -0.15) is 8.42 Å². The molecule has 0 radical (unpaired) electrons. The summed E-state index contributed by atoms with van der Waals surface area (Å²) in [5, 5.41) is 22.1. The van der Waals surface area contributed by atoms with Crippen LogP contribution in [0, 0.1) is 18.7 Å². The van der Waals surface area contributed by atoms with Crippen LogP contribution in [-0.4, -0.2) is 247 Å². The SMILES string of the molecule is C=CCOC(=O)N(C)Cc1cc(NC(=O)[C@H](CCCNC(N)=O)NC(=O)[C@@H](NC(=O)OC(C)(C)C)C(C)C)ccc1COC(=O)N(C)CCN(C)C(=O)Oc1cc(-c2sc3ncnc(O[C@H](Cc4ccccc4OCc4ccnc(-c5ccccc5OC)n4)C(=O)O)c3c2-c2ccc(OCCN3CC[N+](C)(CCCS(=O)(=O)O)CC3)c(Cl)c2C)ccc1F. The summed E-state index contributed by atoms with van der Waals surface area (Å²) < 4.78 is 96.0. The highest BCUT2D eigenvalue weighted by Gasteiger charge is 2.35. The van der Waals surface area contributed by atoms with E-state index in [-0.39, 0.29) is 99.6 Å². The van der Waals surface area contributed by atoms with Crippen molar-refractivity contribution in [3.8, 4) is 61.8 Å². The topological polar surface area (TPSA) is 424 Å². The number of halogens is 2. The Morgan fingerprint density at radius 1 is 0.797 bits per heavy atom. The van der Waals surface area contributed by atoms with Gasteiger partial charge in [0.1, 0.15) is 72.5 Å². The molecular formula is C85H105ClFN14O20S2+. The number of benzene rings is 5. The molecule has 34 nitrogen and oxygen atoms in total. The van der Waals surface area contributed by atoms with Crippen molar-refractivity contribution >= 4 is 97.1 Å². The Hall–Kier alpha value is -12.0. The maximum Gasteiger partial charge on any atom is 0.415 e. The second-order valence-corrected chi connectivity index (χ2v) is 33.9. The standard InChI is InChI=1S/C85H104ClFN14O20S2/c1-13-42-116-83(109)99(10)48-57-45-58(94-75(102)63(22-18-32-90-80(88)106)95-76(103)72(52(2)3)96-81(107)121-85(5,6)7)27-25-56(57)49-118-82(108)97(8)34-35-98(9)84(110)120-67-47-55(26-29-62(67)87)73-69(60-28-30-66(71(86)53(60)4)115-43-38-100-36-40-101(11,41-37-100)39-19-44-123(111,112)113)70-77(91-51-92-78(70)122-73)119-68(79(104)105)46-54-20-14-16-23-64(54)117-50-59-31-33-89-74(93-59)61-21-15-17-24-65(61)114-12/h13-17,20-21,23-31,33,45,47,51-52,63,68,72H,1,18-19,22,32,34-44,46,48-50H2,2-12H3,(H7-,88,90,94,95,96,102,103,104,105,106,107,111,112,113)/p+1/t63-,68+,72-/m0/s1. The van der Waals surface area contributed by atoms with Gasteiger partial charge in [0.25, 0.3) is 10.1 Å². The van der Waals surface area contributed by atoms with Crippen molar-refractivity contribution in [2.45, 2.75) is 111 Å². The number of ether oxygens (including phenoxy) is 8. The van der Waals surface area contributed by atoms with Crippen LogP contribution in [0.3, 0.4) is 0 Å². The zero-order valence-electron chi connectivity index (χ0n) is 70.4. The number of carboxylic acid groups (broad SMARTS) is 1. The van der Waals surface area contributed by atoms with E-state index in [0.29, 0.717) is 120 Å². The summed E-state index contributed by atoms with van der Waals surface area (Å²) in [6, 6.07) is 24.7. The number of aromatic nitrogens is 4. The molecule has 38 heteroatoms. The summed E-state index contributed by atoms with van der Waals surface area (Å²) in [5.74, 6) is -3.34. The molecule has 4 heterocycles. The van der Waals surface area contributed by atoms with Gasteiger partial charge in [-0.1, -0.05) is 86.6 Å². The Labute approximate surface area is 721 Å². The molecule has 1 aliphatic heterocycles. The highest BCUT2D eigenvalue weighted by atomic mass is 35.5. The van der Waals surface area contributed by atoms with Gasteiger partial charge in [0, 0.05) is 102 Å². The van der Waals surface area contributed by atoms with Gasteiger partial charge in [0.2, 0.25) is 23.8 Å². The van der Waals surface area contributed by atoms with Gasteiger partial charge in [-0.05, 0) is 134 Å². The van der Waals surface area contributed by atoms with Crippen LogP contribution < -0.4 is 50.7 Å². The van der Waals surface area contributed by atoms with Gasteiger partial charge in [-0.25, -0.2) is 53.1 Å². The van der Waals surface area contributed by atoms with Crippen molar-refractivity contribution in [1.82, 2.24) is 55.5 Å². The number of nitrogens with two attached hydrogens (primary N) is 1. The third kappa shape index (κ3) is 27.5. The van der Waals surface area contributed by atoms with E-state index in [1.54, 1.807) is 109 Å². The first-order chi connectivity index (χ1) is 58.4. The number of amides is 8. The number of primary amides is 1. The van der Waals surface area contributed by atoms with Crippen LogP contribution in [0.15, 0.2) is 128 Å². The number of hydrogen-bond donors (Lipinski definition) is 7. The number of fused-ring (bicyclic) bond motifs is 1. The summed E-state index contributed by atoms with van der Waals surface area (Å²) in [4.78, 5) is 132. The molecule has 0 aliphatic carbocycles. The quantitative estimate of drug-likeness (QED) is 0.00616. The largest absolute Gasteiger partial charge is 0.496 e. The van der Waals surface area contributed by atoms with Crippen LogP contribution in [-0.2, 0) is 64.9 Å². The van der Waals surface area contributed by atoms with Gasteiger partial charge in [0.15, 0.2) is 17.4 Å². The molecule has 8 aromatic rings. The zero-order valence-corrected chi connectivity index (χ0v) is 72.8. The number of likely N-dealkylation sites (N-methyl/N-ethyl adjacent to an activating group) is 3. The molecule has 3 aromatic heterocycles. The third-order valence-corrected chi connectivity index (χ3v) is 22.4. The maximum atomic E-state index is 16.3. The predicted octanol–water partition coefficient (Wildman–Crippen LogP) is 11.5. The first-order valence-corrected chi connectivity index (χ1v) is 42.3. The van der Waals surface area contributed by atoms with Crippen molar-refractivity contribution in [3.63, 3.8) is 0 Å². The number of rotatable bonds is 40. The lowest BCUT2D eigenvalue weighted by Gasteiger charge is -2.42. The maximum absolute atomic E-state index is 16.3. The molecule has 1 aliphatic rings. The number of thiophene rings is 1. The van der Waals surface area contributed by atoms with Crippen molar-refractivity contribution in [2.24, 2.45) is 11.7 Å². The van der Waals surface area contributed by atoms with Crippen molar-refractivity contribution in [3.05, 3.63) is 167 Å². The van der Waals surface area contributed by atoms with E-state index in [0.717, 1.165) is 35.4 Å². The fourth-order valence-corrected chi connectivity index (χ4v) is 15.0. The van der Waals surface area contributed by atoms with Crippen LogP contribution in [0.5, 0.6) is 28.9 Å². The first kappa shape index (κ1) is 94.8. The number of anilines is 1. The van der Waals surface area contributed by atoms with Gasteiger partial charge in [-0.3, -0.25) is 19.0 Å². The number of methoxy groups -OCH3 is 1. The summed E-state index contributed by atoms with van der Waals surface area (Å²) in [5.41, 5.74) is 8.74. The molecule has 0 bridgehead atoms. The number of aliphatic carboxylic acids is 1. The van der Waals surface area contributed by atoms with Gasteiger partial charge >= 0.3 is 36.4 Å². The minimum atomic E-state index is -4.07. The van der Waals surface area contributed by atoms with Gasteiger partial charge in [0.05, 0.1) is 61.2 Å². The Morgan fingerprint density at radius 2 is 1.50 bits per heavy atom. The second-order valence-electron chi connectivity index (χ2n) is 30.9. The van der Waals surface area contributed by atoms with Crippen LogP contribution in [0.1, 0.15) is 81.8 Å². The lowest BCUT2D eigenvalue weighted by atomic mass is 9.95. The van der Waals surface area contributed by atoms with E-state index in [1.807, 2.05) is 18.2 Å². The van der Waals surface area contributed by atoms with E-state index in [9.17, 15) is 56.4 Å². The van der Waals surface area contributed by atoms with E-state index >= 15 is 4.39 Å². The Kier molecular flexibility index (Phi) is 33.6. The number of hydrogen-bond acceptors (Lipinski definition) is 24. The molecule has 0 unspecified atom stereocenters. The molecular weight excluding hydrogens is 1660 g/mol. The van der Waals surface area contributed by atoms with Crippen LogP contribution >= 0.6 is 22.9 Å². The second kappa shape index (κ2) is 43.6. The van der Waals surface area contributed by atoms with Crippen LogP contribution in [0.4, 0.5) is 34.1 Å². The monoisotopic (exact) mass is 1760 g/mol. The molecule has 1 saturated heterocycles. The highest BCUT2D eigenvalue weighted by Crippen LogP contribution is 2.50. The van der Waals surface area contributed by atoms with E-state index < -0.39 is 99.6 Å². The lowest BCUT2D eigenvalue weighted by Crippen LogP contribution is -2.58. The summed E-state index contributed by atoms with van der Waals surface area (Å²) in [7, 11) is 3.79. The van der Waals surface area contributed by atoms with E-state index in [4.69, 9.17) is 60.2 Å². The smallest absolute Gasteiger partial charge is 0.415 e. The average molecular weight is 1760 g/mol. The summed E-state index contributed by atoms with van der Waals surface area (Å²) in [6.45, 7) is 17.2. The van der Waals surface area contributed by atoms with Crippen LogP contribution in [0.25, 0.3) is 43.2 Å². The molecule has 8 amide bonds. The first-order valence-electron chi connectivity index (χ1n) is 39.5. The number of para-hydroxylation sites is 2. The average Bonchev–Trinajstić information content (AvgIpc) is 1.60. The fraction of sp³-hybridized carbons (Fsp3) is 0.412. The summed E-state index contributed by atoms with van der Waals surface area (Å²) >= 11 is 8.42. The van der Waals surface area contributed by atoms with Crippen molar-refractivity contribution in [2.75, 3.05) is 118 Å². The number of nitrogens with one attached hydrogen (secondary N) is 4. The van der Waals surface area contributed by atoms with Gasteiger partial charge < -0.3 is 89.2 Å². The Morgan fingerprint density at radius 3 is 2.20 bits per heavy atom. The predicted molar refractivity (Wildman–Crippen MR) is 459 cm³/mol. The molecule has 1 fully saturated rings. The number of piperazine rings is 1. The molecule has 9 rings (SSSR count). The molecule has 3 atom stereocenters. The number of urea groups is 1. The van der Waals surface area contributed by atoms with Crippen molar-refractivity contribution in [1.29, 1.82) is 0 Å². The van der Waals surface area contributed by atoms with E-state index in [2.05, 4.69) is 54.7 Å². The molecule has 0 spiro atoms. The molecule has 5 aromatic carbocycles. The van der Waals surface area contributed by atoms with E-state index in [1.165, 1.54) is 67.6 Å². The molecule has 8 N–H and O–H groups in total. The van der Waals surface area contributed by atoms with Crippen LogP contribution in [0.2, 0.25) is 5.02 Å². The fourth-order valence-electron chi connectivity index (χ4n) is 13.2. The zero-order chi connectivity index (χ0) is 89.5. The minimum Gasteiger partial charge on any atom is -0.496 e. The molecule has 0 saturated carbocycles. The van der Waals surface area contributed by atoms with Crippen molar-refractivity contribution < 1.29 is 103 Å². The molecule has 660 valence electrons. The molecule has 123 heavy (non-hydrogen) atoms. The number of carboxylic acids is 1. The number of quaternary nitrogens is 1. The highest BCUT2D eigenvalue weighted by molar-refractivity contribution is 7.85. The number of nitrogens with zero attached hydrogens (tertiary/aromatic N) is 9. The lowest BCUT2D eigenvalue weighted by molar-refractivity contribution is -0.913. The normalized spacial score (nSPS) is 13.4. The Balaban J connectivity index is 0.926. The minimum absolute atomic E-state index is 0.00256. The Bertz CT molecular complexity index is 5230. The number of alkyl carbamates (subject to hydrolysis) is 1. The third-order valence-electron chi connectivity index (χ3n) is 20.0. The van der Waals surface area contributed by atoms with Gasteiger partial charge in [-0.15, -0.1) is 11.3 Å². The number of carbonyl (C=O) groups is 8. The number of carbonyl (C=O) groups excluding carboxylic acids is 7. The summed E-state index contributed by atoms with van der Waals surface area (Å²) in [6.07, 6.45) is -0.534.